The van der Waals surface area contributed by atoms with E-state index in [1.165, 1.54) is 25.7 Å². The number of amides is 1. The molecule has 1 aromatic carbocycles. The normalized spacial score (nSPS) is 30.3. The summed E-state index contributed by atoms with van der Waals surface area (Å²) in [6, 6.07) is 5.62. The topological polar surface area (TPSA) is 61.4 Å². The Morgan fingerprint density at radius 3 is 3.00 bits per heavy atom. The van der Waals surface area contributed by atoms with Crippen LogP contribution >= 0.6 is 11.6 Å². The first-order chi connectivity index (χ1) is 14.4. The second-order valence-corrected chi connectivity index (χ2v) is 10.4. The standard InChI is InChI=1S/C25H35ClN2O2/c1-3-27-14-20(29)6-4-16-5-7-23(26)22(9-16)24(30)28-15-25(2)12-17-8-18-11-19(13-25)21(18)10-17/h5,7,9,13,17-18,20-21,27,29H,3-4,6,8,10-12,14-15H2,1-2H3,(H,28,30)/t17?,18?,20-,21?,25?/m0/s1. The fourth-order valence-electron chi connectivity index (χ4n) is 5.86. The Morgan fingerprint density at radius 2 is 2.20 bits per heavy atom. The molecule has 3 aliphatic carbocycles. The van der Waals surface area contributed by atoms with Gasteiger partial charge in [0.05, 0.1) is 16.7 Å². The van der Waals surface area contributed by atoms with Gasteiger partial charge in [-0.05, 0) is 80.5 Å². The number of aryl methyl sites for hydroxylation is 1. The zero-order valence-electron chi connectivity index (χ0n) is 18.2. The second-order valence-electron chi connectivity index (χ2n) is 9.98. The molecule has 0 aromatic heterocycles. The van der Waals surface area contributed by atoms with Crippen molar-refractivity contribution in [3.8, 4) is 0 Å². The van der Waals surface area contributed by atoms with Crippen LogP contribution < -0.4 is 10.6 Å². The van der Waals surface area contributed by atoms with E-state index in [2.05, 4.69) is 23.6 Å². The van der Waals surface area contributed by atoms with Crippen LogP contribution in [0.3, 0.4) is 0 Å². The van der Waals surface area contributed by atoms with Crippen LogP contribution in [0.15, 0.2) is 29.8 Å². The monoisotopic (exact) mass is 430 g/mol. The molecule has 4 unspecified atom stereocenters. The van der Waals surface area contributed by atoms with Gasteiger partial charge in [-0.3, -0.25) is 4.79 Å². The van der Waals surface area contributed by atoms with Crippen molar-refractivity contribution in [3.05, 3.63) is 46.0 Å². The van der Waals surface area contributed by atoms with Crippen molar-refractivity contribution in [2.24, 2.45) is 23.2 Å². The third-order valence-corrected chi connectivity index (χ3v) is 7.71. The molecule has 4 rings (SSSR count). The Balaban J connectivity index is 1.36. The number of aliphatic hydroxyl groups is 1. The molecule has 164 valence electrons. The lowest BCUT2D eigenvalue weighted by molar-refractivity contribution is 0.0936. The highest BCUT2D eigenvalue weighted by atomic mass is 35.5. The number of hydrogen-bond acceptors (Lipinski definition) is 3. The van der Waals surface area contributed by atoms with E-state index in [0.717, 1.165) is 36.3 Å². The summed E-state index contributed by atoms with van der Waals surface area (Å²) in [5.74, 6) is 2.48. The molecule has 2 bridgehead atoms. The summed E-state index contributed by atoms with van der Waals surface area (Å²) in [5.41, 5.74) is 3.23. The lowest BCUT2D eigenvalue weighted by atomic mass is 9.67. The zero-order valence-corrected chi connectivity index (χ0v) is 19.0. The number of benzene rings is 1. The maximum absolute atomic E-state index is 12.9. The molecular weight excluding hydrogens is 396 g/mol. The minimum absolute atomic E-state index is 0.0380. The van der Waals surface area contributed by atoms with E-state index in [-0.39, 0.29) is 17.4 Å². The van der Waals surface area contributed by atoms with Gasteiger partial charge in [0.1, 0.15) is 0 Å². The Hall–Kier alpha value is -1.36. The van der Waals surface area contributed by atoms with Crippen LogP contribution in [0.1, 0.15) is 61.9 Å². The van der Waals surface area contributed by atoms with Gasteiger partial charge < -0.3 is 15.7 Å². The third kappa shape index (κ3) is 4.76. The van der Waals surface area contributed by atoms with E-state index >= 15 is 0 Å². The van der Waals surface area contributed by atoms with E-state index in [9.17, 15) is 9.90 Å². The summed E-state index contributed by atoms with van der Waals surface area (Å²) < 4.78 is 0. The predicted octanol–water partition coefficient (Wildman–Crippen LogP) is 4.36. The molecule has 30 heavy (non-hydrogen) atoms. The molecule has 3 N–H and O–H groups in total. The highest BCUT2D eigenvalue weighted by Gasteiger charge is 2.48. The Labute approximate surface area is 185 Å². The first kappa shape index (κ1) is 21.9. The highest BCUT2D eigenvalue weighted by Crippen LogP contribution is 2.58. The summed E-state index contributed by atoms with van der Waals surface area (Å²) in [7, 11) is 0. The lowest BCUT2D eigenvalue weighted by Crippen LogP contribution is -2.37. The van der Waals surface area contributed by atoms with Crippen molar-refractivity contribution in [2.45, 2.75) is 58.5 Å². The van der Waals surface area contributed by atoms with Crippen molar-refractivity contribution < 1.29 is 9.90 Å². The lowest BCUT2D eigenvalue weighted by Gasteiger charge is -2.38. The molecule has 5 atom stereocenters. The number of hydrogen-bond donors (Lipinski definition) is 3. The molecule has 0 radical (unpaired) electrons. The van der Waals surface area contributed by atoms with E-state index in [4.69, 9.17) is 11.6 Å². The number of likely N-dealkylation sites (N-methyl/N-ethyl adjacent to an activating group) is 1. The number of rotatable bonds is 9. The maximum atomic E-state index is 12.9. The minimum atomic E-state index is -0.387. The van der Waals surface area contributed by atoms with Gasteiger partial charge in [-0.15, -0.1) is 0 Å². The fraction of sp³-hybridized carbons (Fsp3) is 0.640. The Bertz CT molecular complexity index is 823. The summed E-state index contributed by atoms with van der Waals surface area (Å²) in [4.78, 5) is 12.9. The van der Waals surface area contributed by atoms with Crippen LogP contribution in [0.4, 0.5) is 0 Å². The molecule has 0 spiro atoms. The molecule has 0 aliphatic heterocycles. The van der Waals surface area contributed by atoms with Gasteiger partial charge in [-0.25, -0.2) is 0 Å². The average molecular weight is 431 g/mol. The molecule has 1 aromatic rings. The van der Waals surface area contributed by atoms with Crippen LogP contribution in [0.25, 0.3) is 0 Å². The van der Waals surface area contributed by atoms with Crippen molar-refractivity contribution in [1.29, 1.82) is 0 Å². The van der Waals surface area contributed by atoms with Gasteiger partial charge in [-0.1, -0.05) is 43.2 Å². The summed E-state index contributed by atoms with van der Waals surface area (Å²) in [6.07, 6.45) is 8.63. The van der Waals surface area contributed by atoms with E-state index < -0.39 is 0 Å². The van der Waals surface area contributed by atoms with Crippen LogP contribution in [-0.2, 0) is 6.42 Å². The molecule has 2 fully saturated rings. The number of allylic oxidation sites excluding steroid dienone is 1. The van der Waals surface area contributed by atoms with Gasteiger partial charge in [-0.2, -0.15) is 0 Å². The third-order valence-electron chi connectivity index (χ3n) is 7.38. The van der Waals surface area contributed by atoms with Crippen molar-refractivity contribution >= 4 is 17.5 Å². The van der Waals surface area contributed by atoms with Gasteiger partial charge in [0, 0.05) is 18.5 Å². The molecule has 1 amide bonds. The number of halogens is 1. The fourth-order valence-corrected chi connectivity index (χ4v) is 6.06. The first-order valence-corrected chi connectivity index (χ1v) is 11.9. The van der Waals surface area contributed by atoms with E-state index in [1.54, 1.807) is 11.6 Å². The Kier molecular flexibility index (Phi) is 6.57. The predicted molar refractivity (Wildman–Crippen MR) is 122 cm³/mol. The second kappa shape index (κ2) is 9.02. The van der Waals surface area contributed by atoms with Crippen LogP contribution in [0, 0.1) is 23.2 Å². The molecule has 3 aliphatic rings. The van der Waals surface area contributed by atoms with Crippen molar-refractivity contribution in [3.63, 3.8) is 0 Å². The first-order valence-electron chi connectivity index (χ1n) is 11.5. The highest BCUT2D eigenvalue weighted by molar-refractivity contribution is 6.33. The van der Waals surface area contributed by atoms with Crippen LogP contribution in [-0.4, -0.2) is 36.8 Å². The van der Waals surface area contributed by atoms with Gasteiger partial charge in [0.25, 0.3) is 5.91 Å². The van der Waals surface area contributed by atoms with Gasteiger partial charge >= 0.3 is 0 Å². The zero-order chi connectivity index (χ0) is 21.3. The smallest absolute Gasteiger partial charge is 0.252 e. The van der Waals surface area contributed by atoms with Crippen molar-refractivity contribution in [1.82, 2.24) is 10.6 Å². The maximum Gasteiger partial charge on any atom is 0.252 e. The van der Waals surface area contributed by atoms with Gasteiger partial charge in [0.2, 0.25) is 0 Å². The quantitative estimate of drug-likeness (QED) is 0.510. The van der Waals surface area contributed by atoms with Gasteiger partial charge in [0.15, 0.2) is 0 Å². The van der Waals surface area contributed by atoms with Crippen molar-refractivity contribution in [2.75, 3.05) is 19.6 Å². The molecule has 0 saturated heterocycles. The number of carbonyl (C=O) groups excluding carboxylic acids is 1. The summed E-state index contributed by atoms with van der Waals surface area (Å²) in [5, 5.41) is 16.9. The largest absolute Gasteiger partial charge is 0.392 e. The molecule has 4 nitrogen and oxygen atoms in total. The average Bonchev–Trinajstić information content (AvgIpc) is 2.97. The summed E-state index contributed by atoms with van der Waals surface area (Å²) >= 11 is 6.35. The molecule has 0 heterocycles. The molecule has 2 saturated carbocycles. The van der Waals surface area contributed by atoms with E-state index in [0.29, 0.717) is 30.1 Å². The number of nitrogens with one attached hydrogen (secondary N) is 2. The summed E-state index contributed by atoms with van der Waals surface area (Å²) in [6.45, 7) is 6.41. The SMILES string of the molecule is CCNC[C@@H](O)CCc1ccc(Cl)c(C(=O)NCC2(C)C=C3CC4CC(CC34)C2)c1. The molecule has 5 heteroatoms. The van der Waals surface area contributed by atoms with Crippen LogP contribution in [0.5, 0.6) is 0 Å². The number of fused-ring (bicyclic) bond motifs is 1. The van der Waals surface area contributed by atoms with Crippen LogP contribution in [0.2, 0.25) is 5.02 Å². The molecular formula is C25H35ClN2O2. The number of aliphatic hydroxyl groups excluding tert-OH is 1. The Morgan fingerprint density at radius 1 is 1.37 bits per heavy atom. The number of carbonyl (C=O) groups is 1. The minimum Gasteiger partial charge on any atom is -0.392 e. The van der Waals surface area contributed by atoms with E-state index in [1.807, 2.05) is 19.1 Å².